The molecule has 30 heavy (non-hydrogen) atoms. The Labute approximate surface area is 180 Å². The number of piperidine rings is 1. The fourth-order valence-electron chi connectivity index (χ4n) is 4.80. The SMILES string of the molecule is CN1C(=O)N[C@@H](c2ccsc2)C2=C1CN(C1CCN(Cc3ccccc3)CC1)C2=O. The second-order valence-electron chi connectivity index (χ2n) is 8.28. The number of likely N-dealkylation sites (tertiary alicyclic amines) is 1. The number of hydrogen-bond acceptors (Lipinski definition) is 4. The van der Waals surface area contributed by atoms with Crippen LogP contribution in [0.15, 0.2) is 58.4 Å². The molecule has 6 nitrogen and oxygen atoms in total. The monoisotopic (exact) mass is 422 g/mol. The van der Waals surface area contributed by atoms with Gasteiger partial charge in [-0.25, -0.2) is 4.79 Å². The number of amides is 3. The summed E-state index contributed by atoms with van der Waals surface area (Å²) in [5.74, 6) is 0.0783. The Balaban J connectivity index is 1.29. The molecule has 1 N–H and O–H groups in total. The van der Waals surface area contributed by atoms with E-state index in [9.17, 15) is 9.59 Å². The molecule has 1 aromatic carbocycles. The maximum Gasteiger partial charge on any atom is 0.322 e. The van der Waals surface area contributed by atoms with Crippen molar-refractivity contribution in [2.24, 2.45) is 0 Å². The summed E-state index contributed by atoms with van der Waals surface area (Å²) in [4.78, 5) is 32.0. The molecule has 3 amide bonds. The van der Waals surface area contributed by atoms with E-state index in [1.165, 1.54) is 5.56 Å². The standard InChI is InChI=1S/C23H26N4O2S/c1-25-19-14-27(18-7-10-26(11-8-18)13-16-5-3-2-4-6-16)22(28)20(19)21(24-23(25)29)17-9-12-30-15-17/h2-6,9,12,15,18,21H,7-8,10-11,13-14H2,1H3,(H,24,29)/t21-/m0/s1. The summed E-state index contributed by atoms with van der Waals surface area (Å²) < 4.78 is 0. The minimum absolute atomic E-state index is 0.0783. The van der Waals surface area contributed by atoms with Gasteiger partial charge in [0.15, 0.2) is 0 Å². The van der Waals surface area contributed by atoms with Gasteiger partial charge < -0.3 is 10.2 Å². The third-order valence-corrected chi connectivity index (χ3v) is 7.21. The van der Waals surface area contributed by atoms with Crippen molar-refractivity contribution < 1.29 is 9.59 Å². The van der Waals surface area contributed by atoms with Gasteiger partial charge in [-0.15, -0.1) is 0 Å². The summed E-state index contributed by atoms with van der Waals surface area (Å²) >= 11 is 1.58. The van der Waals surface area contributed by atoms with E-state index in [4.69, 9.17) is 0 Å². The molecule has 7 heteroatoms. The van der Waals surface area contributed by atoms with E-state index in [1.54, 1.807) is 23.3 Å². The van der Waals surface area contributed by atoms with Crippen molar-refractivity contribution >= 4 is 23.3 Å². The lowest BCUT2D eigenvalue weighted by molar-refractivity contribution is -0.128. The van der Waals surface area contributed by atoms with Crippen molar-refractivity contribution in [3.63, 3.8) is 0 Å². The van der Waals surface area contributed by atoms with Crippen LogP contribution in [-0.2, 0) is 11.3 Å². The minimum atomic E-state index is -0.342. The number of hydrogen-bond donors (Lipinski definition) is 1. The highest BCUT2D eigenvalue weighted by molar-refractivity contribution is 7.08. The van der Waals surface area contributed by atoms with Gasteiger partial charge in [-0.1, -0.05) is 30.3 Å². The first kappa shape index (κ1) is 19.3. The van der Waals surface area contributed by atoms with Crippen molar-refractivity contribution in [3.8, 4) is 0 Å². The molecule has 0 saturated carbocycles. The number of nitrogens with one attached hydrogen (secondary N) is 1. The van der Waals surface area contributed by atoms with E-state index < -0.39 is 0 Å². The Kier molecular flexibility index (Phi) is 5.08. The average Bonchev–Trinajstić information content (AvgIpc) is 3.41. The molecule has 1 aromatic heterocycles. The molecule has 0 radical (unpaired) electrons. The lowest BCUT2D eigenvalue weighted by atomic mass is 9.97. The fraction of sp³-hybridized carbons (Fsp3) is 0.391. The molecular weight excluding hydrogens is 396 g/mol. The van der Waals surface area contributed by atoms with Crippen molar-refractivity contribution in [2.75, 3.05) is 26.7 Å². The quantitative estimate of drug-likeness (QED) is 0.823. The van der Waals surface area contributed by atoms with E-state index in [0.717, 1.165) is 49.3 Å². The van der Waals surface area contributed by atoms with Crippen molar-refractivity contribution in [2.45, 2.75) is 31.5 Å². The van der Waals surface area contributed by atoms with Gasteiger partial charge in [-0.3, -0.25) is 14.6 Å². The molecule has 156 valence electrons. The van der Waals surface area contributed by atoms with E-state index in [0.29, 0.717) is 6.54 Å². The number of carbonyl (C=O) groups excluding carboxylic acids is 2. The van der Waals surface area contributed by atoms with Crippen LogP contribution >= 0.6 is 11.3 Å². The van der Waals surface area contributed by atoms with Gasteiger partial charge in [-0.05, 0) is 40.8 Å². The van der Waals surface area contributed by atoms with Crippen molar-refractivity contribution in [1.29, 1.82) is 0 Å². The third-order valence-electron chi connectivity index (χ3n) is 6.51. The number of benzene rings is 1. The molecule has 3 aliphatic heterocycles. The highest BCUT2D eigenvalue weighted by Crippen LogP contribution is 2.38. The molecule has 4 heterocycles. The van der Waals surface area contributed by atoms with Crippen LogP contribution in [0.3, 0.4) is 0 Å². The van der Waals surface area contributed by atoms with Gasteiger partial charge in [0.1, 0.15) is 0 Å². The van der Waals surface area contributed by atoms with Gasteiger partial charge >= 0.3 is 6.03 Å². The van der Waals surface area contributed by atoms with E-state index in [2.05, 4.69) is 34.5 Å². The number of nitrogens with zero attached hydrogens (tertiary/aromatic N) is 3. The largest absolute Gasteiger partial charge is 0.330 e. The summed E-state index contributed by atoms with van der Waals surface area (Å²) in [6, 6.07) is 12.3. The van der Waals surface area contributed by atoms with Crippen LogP contribution in [0, 0.1) is 0 Å². The van der Waals surface area contributed by atoms with Gasteiger partial charge in [0.25, 0.3) is 5.91 Å². The molecule has 1 saturated heterocycles. The predicted molar refractivity (Wildman–Crippen MR) is 117 cm³/mol. The van der Waals surface area contributed by atoms with Crippen LogP contribution in [0.1, 0.15) is 30.0 Å². The zero-order valence-electron chi connectivity index (χ0n) is 17.1. The second kappa shape index (κ2) is 7.89. The zero-order chi connectivity index (χ0) is 20.7. The van der Waals surface area contributed by atoms with Gasteiger partial charge in [0.05, 0.1) is 23.9 Å². The number of thiophene rings is 1. The van der Waals surface area contributed by atoms with Gasteiger partial charge in [0, 0.05) is 32.7 Å². The van der Waals surface area contributed by atoms with Crippen LogP contribution in [-0.4, -0.2) is 59.4 Å². The molecule has 1 atom stereocenters. The fourth-order valence-corrected chi connectivity index (χ4v) is 5.49. The maximum atomic E-state index is 13.4. The Morgan fingerprint density at radius 2 is 1.87 bits per heavy atom. The van der Waals surface area contributed by atoms with Crippen LogP contribution < -0.4 is 5.32 Å². The molecule has 0 spiro atoms. The minimum Gasteiger partial charge on any atom is -0.330 e. The first-order valence-electron chi connectivity index (χ1n) is 10.5. The Bertz CT molecular complexity index is 964. The lowest BCUT2D eigenvalue weighted by Gasteiger charge is -2.37. The first-order chi connectivity index (χ1) is 14.6. The molecule has 0 aliphatic carbocycles. The smallest absolute Gasteiger partial charge is 0.322 e. The summed E-state index contributed by atoms with van der Waals surface area (Å²) in [5, 5.41) is 7.01. The van der Waals surface area contributed by atoms with Gasteiger partial charge in [0.2, 0.25) is 0 Å². The molecule has 2 aromatic rings. The molecule has 0 unspecified atom stereocenters. The summed E-state index contributed by atoms with van der Waals surface area (Å²) in [5.41, 5.74) is 3.91. The average molecular weight is 423 g/mol. The normalized spacial score (nSPS) is 23.2. The van der Waals surface area contributed by atoms with Crippen LogP contribution in [0.2, 0.25) is 0 Å². The Morgan fingerprint density at radius 3 is 2.57 bits per heavy atom. The molecule has 3 aliphatic rings. The Hall–Kier alpha value is -2.64. The molecular formula is C23H26N4O2S. The summed E-state index contributed by atoms with van der Waals surface area (Å²) in [6.07, 6.45) is 1.93. The number of urea groups is 1. The summed E-state index contributed by atoms with van der Waals surface area (Å²) in [6.45, 7) is 3.45. The second-order valence-corrected chi connectivity index (χ2v) is 9.06. The van der Waals surface area contributed by atoms with Crippen LogP contribution in [0.4, 0.5) is 4.79 Å². The van der Waals surface area contributed by atoms with Gasteiger partial charge in [-0.2, -0.15) is 11.3 Å². The van der Waals surface area contributed by atoms with E-state index in [1.807, 2.05) is 27.8 Å². The van der Waals surface area contributed by atoms with Crippen molar-refractivity contribution in [3.05, 3.63) is 69.6 Å². The first-order valence-corrected chi connectivity index (χ1v) is 11.4. The third kappa shape index (κ3) is 3.42. The van der Waals surface area contributed by atoms with E-state index in [-0.39, 0.29) is 24.0 Å². The molecule has 0 bridgehead atoms. The number of carbonyl (C=O) groups is 2. The molecule has 5 rings (SSSR count). The number of rotatable bonds is 4. The topological polar surface area (TPSA) is 55.9 Å². The van der Waals surface area contributed by atoms with Crippen LogP contribution in [0.5, 0.6) is 0 Å². The highest BCUT2D eigenvalue weighted by Gasteiger charge is 2.45. The van der Waals surface area contributed by atoms with Crippen LogP contribution in [0.25, 0.3) is 0 Å². The highest BCUT2D eigenvalue weighted by atomic mass is 32.1. The maximum absolute atomic E-state index is 13.4. The lowest BCUT2D eigenvalue weighted by Crippen LogP contribution is -2.46. The van der Waals surface area contributed by atoms with E-state index >= 15 is 0 Å². The molecule has 1 fully saturated rings. The predicted octanol–water partition coefficient (Wildman–Crippen LogP) is 3.21. The van der Waals surface area contributed by atoms with Crippen molar-refractivity contribution in [1.82, 2.24) is 20.0 Å². The zero-order valence-corrected chi connectivity index (χ0v) is 17.9. The number of likely N-dealkylation sites (N-methyl/N-ethyl adjacent to an activating group) is 1. The summed E-state index contributed by atoms with van der Waals surface area (Å²) in [7, 11) is 1.76. The Morgan fingerprint density at radius 1 is 1.10 bits per heavy atom.